The van der Waals surface area contributed by atoms with Gasteiger partial charge in [0.1, 0.15) is 11.5 Å². The number of hydrogen-bond acceptors (Lipinski definition) is 3. The average Bonchev–Trinajstić information content (AvgIpc) is 2.44. The van der Waals surface area contributed by atoms with E-state index in [0.29, 0.717) is 17.0 Å². The van der Waals surface area contributed by atoms with E-state index < -0.39 is 0 Å². The van der Waals surface area contributed by atoms with E-state index in [1.165, 1.54) is 0 Å². The minimum absolute atomic E-state index is 0.0596. The van der Waals surface area contributed by atoms with E-state index in [4.69, 9.17) is 4.74 Å². The highest BCUT2D eigenvalue weighted by Gasteiger charge is 2.11. The van der Waals surface area contributed by atoms with Gasteiger partial charge in [-0.05, 0) is 55.3 Å². The van der Waals surface area contributed by atoms with Crippen LogP contribution in [0.4, 0.5) is 5.69 Å². The van der Waals surface area contributed by atoms with E-state index in [2.05, 4.69) is 5.32 Å². The summed E-state index contributed by atoms with van der Waals surface area (Å²) in [4.78, 5) is 12.2. The van der Waals surface area contributed by atoms with Gasteiger partial charge in [0.05, 0.1) is 12.8 Å². The lowest BCUT2D eigenvalue weighted by Gasteiger charge is -2.10. The van der Waals surface area contributed by atoms with E-state index in [1.54, 1.807) is 43.5 Å². The van der Waals surface area contributed by atoms with Crippen molar-refractivity contribution in [3.05, 3.63) is 53.1 Å². The van der Waals surface area contributed by atoms with Crippen molar-refractivity contribution in [1.29, 1.82) is 0 Å². The molecule has 0 saturated carbocycles. The van der Waals surface area contributed by atoms with Gasteiger partial charge in [-0.1, -0.05) is 6.07 Å². The topological polar surface area (TPSA) is 58.6 Å². The number of methoxy groups -OCH3 is 1. The zero-order chi connectivity index (χ0) is 14.7. The highest BCUT2D eigenvalue weighted by Crippen LogP contribution is 2.27. The lowest BCUT2D eigenvalue weighted by atomic mass is 10.1. The van der Waals surface area contributed by atoms with E-state index in [0.717, 1.165) is 11.1 Å². The minimum Gasteiger partial charge on any atom is -0.506 e. The summed E-state index contributed by atoms with van der Waals surface area (Å²) in [6, 6.07) is 10.2. The molecule has 0 fully saturated rings. The Morgan fingerprint density at radius 2 is 1.85 bits per heavy atom. The quantitative estimate of drug-likeness (QED) is 0.842. The second-order valence-corrected chi connectivity index (χ2v) is 4.64. The van der Waals surface area contributed by atoms with Gasteiger partial charge in [0, 0.05) is 5.56 Å². The van der Waals surface area contributed by atoms with Crippen LogP contribution >= 0.6 is 0 Å². The Bertz CT molecular complexity index is 650. The normalized spacial score (nSPS) is 10.2. The zero-order valence-electron chi connectivity index (χ0n) is 11.7. The molecule has 2 rings (SSSR count). The van der Waals surface area contributed by atoms with Crippen LogP contribution in [0.3, 0.4) is 0 Å². The third-order valence-electron chi connectivity index (χ3n) is 3.19. The number of benzene rings is 2. The molecule has 1 amide bonds. The summed E-state index contributed by atoms with van der Waals surface area (Å²) in [5.41, 5.74) is 2.86. The molecule has 0 spiro atoms. The molecule has 4 nitrogen and oxygen atoms in total. The number of hydrogen-bond donors (Lipinski definition) is 2. The Morgan fingerprint density at radius 1 is 1.15 bits per heavy atom. The Labute approximate surface area is 118 Å². The second kappa shape index (κ2) is 5.65. The van der Waals surface area contributed by atoms with Gasteiger partial charge in [0.25, 0.3) is 5.91 Å². The molecule has 2 aromatic carbocycles. The number of aryl methyl sites for hydroxylation is 2. The average molecular weight is 271 g/mol. The molecule has 0 heterocycles. The molecule has 0 aliphatic rings. The number of phenolic OH excluding ortho intramolecular Hbond substituents is 1. The van der Waals surface area contributed by atoms with E-state index in [1.807, 2.05) is 13.8 Å². The smallest absolute Gasteiger partial charge is 0.255 e. The molecule has 2 aromatic rings. The van der Waals surface area contributed by atoms with Crippen LogP contribution in [-0.4, -0.2) is 18.1 Å². The fourth-order valence-corrected chi connectivity index (χ4v) is 1.86. The number of carbonyl (C=O) groups is 1. The lowest BCUT2D eigenvalue weighted by Crippen LogP contribution is -2.12. The van der Waals surface area contributed by atoms with Gasteiger partial charge in [-0.15, -0.1) is 0 Å². The van der Waals surface area contributed by atoms with E-state index in [-0.39, 0.29) is 11.7 Å². The van der Waals surface area contributed by atoms with Crippen molar-refractivity contribution in [3.8, 4) is 11.5 Å². The van der Waals surface area contributed by atoms with E-state index in [9.17, 15) is 9.90 Å². The van der Waals surface area contributed by atoms with Crippen molar-refractivity contribution in [2.75, 3.05) is 12.4 Å². The summed E-state index contributed by atoms with van der Waals surface area (Å²) in [5.74, 6) is 0.383. The number of ether oxygens (including phenoxy) is 1. The van der Waals surface area contributed by atoms with Gasteiger partial charge in [-0.3, -0.25) is 4.79 Å². The van der Waals surface area contributed by atoms with Crippen LogP contribution < -0.4 is 10.1 Å². The molecule has 0 radical (unpaired) electrons. The maximum atomic E-state index is 12.2. The molecule has 2 N–H and O–H groups in total. The van der Waals surface area contributed by atoms with Crippen LogP contribution in [0.15, 0.2) is 36.4 Å². The molecule has 0 saturated heterocycles. The second-order valence-electron chi connectivity index (χ2n) is 4.64. The predicted octanol–water partition coefficient (Wildman–Crippen LogP) is 3.27. The number of anilines is 1. The van der Waals surface area contributed by atoms with Crippen LogP contribution in [0, 0.1) is 13.8 Å². The van der Waals surface area contributed by atoms with Gasteiger partial charge in [-0.2, -0.15) is 0 Å². The van der Waals surface area contributed by atoms with Crippen molar-refractivity contribution < 1.29 is 14.6 Å². The molecule has 20 heavy (non-hydrogen) atoms. The first-order valence-corrected chi connectivity index (χ1v) is 6.27. The summed E-state index contributed by atoms with van der Waals surface area (Å²) >= 11 is 0. The molecular formula is C16H17NO3. The number of carbonyl (C=O) groups excluding carboxylic acids is 1. The van der Waals surface area contributed by atoms with E-state index >= 15 is 0 Å². The molecule has 4 heteroatoms. The maximum absolute atomic E-state index is 12.2. The standard InChI is InChI=1S/C16H17NO3/c1-10-7-14(15(18)8-11(10)2)17-16(19)12-5-4-6-13(9-12)20-3/h4-9,18H,1-3H3,(H,17,19). The Kier molecular flexibility index (Phi) is 3.94. The summed E-state index contributed by atoms with van der Waals surface area (Å²) in [7, 11) is 1.55. The van der Waals surface area contributed by atoms with Crippen LogP contribution in [0.1, 0.15) is 21.5 Å². The van der Waals surface area contributed by atoms with Crippen LogP contribution in [0.25, 0.3) is 0 Å². The lowest BCUT2D eigenvalue weighted by molar-refractivity contribution is 0.102. The van der Waals surface area contributed by atoms with Crippen molar-refractivity contribution in [2.45, 2.75) is 13.8 Å². The number of rotatable bonds is 3. The van der Waals surface area contributed by atoms with Crippen LogP contribution in [0.2, 0.25) is 0 Å². The summed E-state index contributed by atoms with van der Waals surface area (Å²) in [6.07, 6.45) is 0. The Balaban J connectivity index is 2.25. The summed E-state index contributed by atoms with van der Waals surface area (Å²) in [5, 5.41) is 12.6. The highest BCUT2D eigenvalue weighted by atomic mass is 16.5. The Hall–Kier alpha value is -2.49. The first-order chi connectivity index (χ1) is 9.51. The zero-order valence-corrected chi connectivity index (χ0v) is 11.7. The van der Waals surface area contributed by atoms with Gasteiger partial charge < -0.3 is 15.2 Å². The fraction of sp³-hybridized carbons (Fsp3) is 0.188. The Morgan fingerprint density at radius 3 is 2.55 bits per heavy atom. The predicted molar refractivity (Wildman–Crippen MR) is 78.5 cm³/mol. The molecule has 0 atom stereocenters. The van der Waals surface area contributed by atoms with Gasteiger partial charge in [0.15, 0.2) is 0 Å². The highest BCUT2D eigenvalue weighted by molar-refractivity contribution is 6.05. The van der Waals surface area contributed by atoms with Crippen molar-refractivity contribution in [2.24, 2.45) is 0 Å². The first-order valence-electron chi connectivity index (χ1n) is 6.27. The SMILES string of the molecule is COc1cccc(C(=O)Nc2cc(C)c(C)cc2O)c1. The fourth-order valence-electron chi connectivity index (χ4n) is 1.86. The first kappa shape index (κ1) is 13.9. The minimum atomic E-state index is -0.289. The van der Waals surface area contributed by atoms with Crippen molar-refractivity contribution in [3.63, 3.8) is 0 Å². The van der Waals surface area contributed by atoms with Gasteiger partial charge >= 0.3 is 0 Å². The molecule has 0 aliphatic carbocycles. The summed E-state index contributed by atoms with van der Waals surface area (Å²) < 4.78 is 5.08. The number of amides is 1. The molecule has 0 aromatic heterocycles. The molecule has 104 valence electrons. The number of nitrogens with one attached hydrogen (secondary N) is 1. The van der Waals surface area contributed by atoms with Crippen molar-refractivity contribution >= 4 is 11.6 Å². The molecule has 0 aliphatic heterocycles. The van der Waals surface area contributed by atoms with Crippen LogP contribution in [0.5, 0.6) is 11.5 Å². The number of phenols is 1. The van der Waals surface area contributed by atoms with Crippen LogP contribution in [-0.2, 0) is 0 Å². The van der Waals surface area contributed by atoms with Gasteiger partial charge in [0.2, 0.25) is 0 Å². The monoisotopic (exact) mass is 271 g/mol. The maximum Gasteiger partial charge on any atom is 0.255 e. The molecule has 0 bridgehead atoms. The molecular weight excluding hydrogens is 254 g/mol. The number of aromatic hydroxyl groups is 1. The summed E-state index contributed by atoms with van der Waals surface area (Å²) in [6.45, 7) is 3.83. The largest absolute Gasteiger partial charge is 0.506 e. The third kappa shape index (κ3) is 2.91. The third-order valence-corrected chi connectivity index (χ3v) is 3.19. The molecule has 0 unspecified atom stereocenters. The van der Waals surface area contributed by atoms with Gasteiger partial charge in [-0.25, -0.2) is 0 Å². The van der Waals surface area contributed by atoms with Crippen molar-refractivity contribution in [1.82, 2.24) is 0 Å².